The van der Waals surface area contributed by atoms with Crippen LogP contribution in [0.1, 0.15) is 41.7 Å². The summed E-state index contributed by atoms with van der Waals surface area (Å²) in [6.07, 6.45) is 2.81. The van der Waals surface area contributed by atoms with Gasteiger partial charge in [-0.15, -0.1) is 0 Å². The quantitative estimate of drug-likeness (QED) is 0.891. The van der Waals surface area contributed by atoms with E-state index in [2.05, 4.69) is 4.98 Å². The van der Waals surface area contributed by atoms with Gasteiger partial charge in [-0.2, -0.15) is 0 Å². The normalized spacial score (nSPS) is 18.0. The number of aromatic nitrogens is 1. The molecule has 0 spiro atoms. The van der Waals surface area contributed by atoms with Gasteiger partial charge >= 0.3 is 0 Å². The van der Waals surface area contributed by atoms with Gasteiger partial charge in [-0.05, 0) is 30.5 Å². The highest BCUT2D eigenvalue weighted by molar-refractivity contribution is 6.32. The first-order valence-electron chi connectivity index (χ1n) is 8.91. The minimum atomic E-state index is 0.0213. The Bertz CT molecular complexity index is 814. The second-order valence-electron chi connectivity index (χ2n) is 6.84. The lowest BCUT2D eigenvalue weighted by Gasteiger charge is -2.25. The average molecular weight is 377 g/mol. The number of halogens is 1. The molecule has 138 valence electrons. The number of hydrogen-bond acceptors (Lipinski definition) is 5. The van der Waals surface area contributed by atoms with Crippen molar-refractivity contribution in [3.05, 3.63) is 46.1 Å². The number of hydrogen-bond donors (Lipinski definition) is 1. The summed E-state index contributed by atoms with van der Waals surface area (Å²) in [4.78, 5) is 19.1. The Kier molecular flexibility index (Phi) is 4.87. The van der Waals surface area contributed by atoms with Crippen molar-refractivity contribution in [3.8, 4) is 5.75 Å². The molecule has 1 amide bonds. The van der Waals surface area contributed by atoms with Crippen molar-refractivity contribution in [1.82, 2.24) is 9.88 Å². The third-order valence-corrected chi connectivity index (χ3v) is 5.34. The van der Waals surface area contributed by atoms with Crippen molar-refractivity contribution < 1.29 is 19.1 Å². The van der Waals surface area contributed by atoms with Gasteiger partial charge in [0.25, 0.3) is 0 Å². The van der Waals surface area contributed by atoms with Gasteiger partial charge in [0.15, 0.2) is 5.89 Å². The highest BCUT2D eigenvalue weighted by Gasteiger charge is 2.28. The maximum Gasteiger partial charge on any atom is 0.227 e. The van der Waals surface area contributed by atoms with Crippen LogP contribution < -0.4 is 0 Å². The van der Waals surface area contributed by atoms with E-state index in [1.54, 1.807) is 17.0 Å². The number of nitrogens with zero attached hydrogens (tertiary/aromatic N) is 2. The molecule has 0 bridgehead atoms. The predicted octanol–water partition coefficient (Wildman–Crippen LogP) is 3.06. The molecule has 0 radical (unpaired) electrons. The Labute approximate surface area is 156 Å². The topological polar surface area (TPSA) is 75.8 Å². The van der Waals surface area contributed by atoms with Crippen LogP contribution in [0.4, 0.5) is 0 Å². The van der Waals surface area contributed by atoms with Crippen LogP contribution in [0.15, 0.2) is 22.6 Å². The monoisotopic (exact) mass is 376 g/mol. The van der Waals surface area contributed by atoms with Crippen LogP contribution in [0, 0.1) is 0 Å². The number of carbonyl (C=O) groups is 1. The van der Waals surface area contributed by atoms with Crippen LogP contribution in [-0.4, -0.2) is 40.7 Å². The summed E-state index contributed by atoms with van der Waals surface area (Å²) in [5.74, 6) is 2.06. The summed E-state index contributed by atoms with van der Waals surface area (Å²) in [6.45, 7) is 2.60. The average Bonchev–Trinajstić information content (AvgIpc) is 3.09. The van der Waals surface area contributed by atoms with Gasteiger partial charge in [-0.25, -0.2) is 4.98 Å². The standard InChI is InChI=1S/C19H21ClN2O4/c20-14-9-12(1-2-16(14)23)10-18(24)22-6-3-17-15(11-22)21-19(26-17)13-4-7-25-8-5-13/h1-2,9,13,23H,3-8,10-11H2. The zero-order valence-electron chi connectivity index (χ0n) is 14.4. The molecule has 1 aromatic heterocycles. The molecule has 7 heteroatoms. The Morgan fingerprint density at radius 1 is 1.35 bits per heavy atom. The SMILES string of the molecule is O=C(Cc1ccc(O)c(Cl)c1)N1CCc2oc(C3CCOCC3)nc2C1. The Balaban J connectivity index is 1.43. The molecule has 4 rings (SSSR count). The summed E-state index contributed by atoms with van der Waals surface area (Å²) >= 11 is 5.92. The van der Waals surface area contributed by atoms with E-state index in [0.29, 0.717) is 25.4 Å². The third kappa shape index (κ3) is 3.57. The number of rotatable bonds is 3. The summed E-state index contributed by atoms with van der Waals surface area (Å²) in [7, 11) is 0. The maximum absolute atomic E-state index is 12.6. The number of aromatic hydroxyl groups is 1. The summed E-state index contributed by atoms with van der Waals surface area (Å²) in [5, 5.41) is 9.75. The summed E-state index contributed by atoms with van der Waals surface area (Å²) in [6, 6.07) is 4.86. The molecule has 0 unspecified atom stereocenters. The van der Waals surface area contributed by atoms with Crippen molar-refractivity contribution in [3.63, 3.8) is 0 Å². The van der Waals surface area contributed by atoms with Gasteiger partial charge in [0, 0.05) is 32.1 Å². The molecule has 1 saturated heterocycles. The van der Waals surface area contributed by atoms with E-state index >= 15 is 0 Å². The van der Waals surface area contributed by atoms with Gasteiger partial charge in [0.2, 0.25) is 5.91 Å². The molecular formula is C19H21ClN2O4. The first-order valence-corrected chi connectivity index (χ1v) is 9.29. The van der Waals surface area contributed by atoms with Gasteiger partial charge in [-0.1, -0.05) is 17.7 Å². The number of carbonyl (C=O) groups excluding carboxylic acids is 1. The van der Waals surface area contributed by atoms with E-state index < -0.39 is 0 Å². The molecule has 3 heterocycles. The smallest absolute Gasteiger partial charge is 0.227 e. The van der Waals surface area contributed by atoms with Crippen molar-refractivity contribution in [2.75, 3.05) is 19.8 Å². The highest BCUT2D eigenvalue weighted by atomic mass is 35.5. The molecule has 0 aliphatic carbocycles. The molecule has 0 saturated carbocycles. The Morgan fingerprint density at radius 3 is 2.92 bits per heavy atom. The third-order valence-electron chi connectivity index (χ3n) is 5.03. The number of benzene rings is 1. The number of phenols is 1. The second-order valence-corrected chi connectivity index (χ2v) is 7.24. The fourth-order valence-corrected chi connectivity index (χ4v) is 3.70. The fourth-order valence-electron chi connectivity index (χ4n) is 3.50. The van der Waals surface area contributed by atoms with Crippen LogP contribution in [-0.2, 0) is 28.9 Å². The van der Waals surface area contributed by atoms with Crippen molar-refractivity contribution in [2.45, 2.75) is 38.1 Å². The summed E-state index contributed by atoms with van der Waals surface area (Å²) < 4.78 is 11.4. The second kappa shape index (κ2) is 7.29. The van der Waals surface area contributed by atoms with Crippen molar-refractivity contribution in [2.24, 2.45) is 0 Å². The lowest BCUT2D eigenvalue weighted by molar-refractivity contribution is -0.131. The molecular weight excluding hydrogens is 356 g/mol. The molecule has 1 N–H and O–H groups in total. The molecule has 1 fully saturated rings. The first-order chi connectivity index (χ1) is 12.6. The van der Waals surface area contributed by atoms with Gasteiger partial charge in [0.05, 0.1) is 18.0 Å². The molecule has 2 aliphatic rings. The zero-order chi connectivity index (χ0) is 18.1. The highest BCUT2D eigenvalue weighted by Crippen LogP contribution is 2.30. The lowest BCUT2D eigenvalue weighted by atomic mass is 10.0. The molecule has 0 atom stereocenters. The summed E-state index contributed by atoms with van der Waals surface area (Å²) in [5.41, 5.74) is 1.65. The van der Waals surface area contributed by atoms with Crippen LogP contribution >= 0.6 is 11.6 Å². The number of fused-ring (bicyclic) bond motifs is 1. The largest absolute Gasteiger partial charge is 0.506 e. The van der Waals surface area contributed by atoms with Crippen LogP contribution in [0.5, 0.6) is 5.75 Å². The molecule has 2 aliphatic heterocycles. The fraction of sp³-hybridized carbons (Fsp3) is 0.474. The minimum Gasteiger partial charge on any atom is -0.506 e. The van der Waals surface area contributed by atoms with Crippen LogP contribution in [0.3, 0.4) is 0 Å². The number of oxazole rings is 1. The van der Waals surface area contributed by atoms with E-state index in [0.717, 1.165) is 49.0 Å². The Morgan fingerprint density at radius 2 is 2.15 bits per heavy atom. The molecule has 1 aromatic carbocycles. The van der Waals surface area contributed by atoms with E-state index in [1.807, 2.05) is 0 Å². The number of ether oxygens (including phenoxy) is 1. The van der Waals surface area contributed by atoms with Crippen molar-refractivity contribution >= 4 is 17.5 Å². The van der Waals surface area contributed by atoms with Gasteiger partial charge in [0.1, 0.15) is 17.2 Å². The lowest BCUT2D eigenvalue weighted by Crippen LogP contribution is -2.36. The molecule has 2 aromatic rings. The Hall–Kier alpha value is -2.05. The van der Waals surface area contributed by atoms with Gasteiger partial charge < -0.3 is 19.2 Å². The maximum atomic E-state index is 12.6. The van der Waals surface area contributed by atoms with E-state index in [4.69, 9.17) is 20.8 Å². The van der Waals surface area contributed by atoms with Crippen LogP contribution in [0.2, 0.25) is 5.02 Å². The zero-order valence-corrected chi connectivity index (χ0v) is 15.2. The number of amides is 1. The van der Waals surface area contributed by atoms with Crippen molar-refractivity contribution in [1.29, 1.82) is 0 Å². The van der Waals surface area contributed by atoms with Gasteiger partial charge in [-0.3, -0.25) is 4.79 Å². The van der Waals surface area contributed by atoms with E-state index in [-0.39, 0.29) is 23.1 Å². The van der Waals surface area contributed by atoms with Crippen LogP contribution in [0.25, 0.3) is 0 Å². The molecule has 6 nitrogen and oxygen atoms in total. The van der Waals surface area contributed by atoms with E-state index in [9.17, 15) is 9.90 Å². The number of phenolic OH excluding ortho intramolecular Hbond substituents is 1. The van der Waals surface area contributed by atoms with E-state index in [1.165, 1.54) is 6.07 Å². The predicted molar refractivity (Wildman–Crippen MR) is 95.2 cm³/mol. The first kappa shape index (κ1) is 17.4. The minimum absolute atomic E-state index is 0.0213. The molecule has 26 heavy (non-hydrogen) atoms.